The van der Waals surface area contributed by atoms with E-state index in [9.17, 15) is 9.59 Å². The highest BCUT2D eigenvalue weighted by Gasteiger charge is 2.12. The fourth-order valence-corrected chi connectivity index (χ4v) is 2.05. The molecule has 1 rings (SSSR count). The standard InChI is InChI=1S/C17H27N3O3/c1-5-23-16-9-7-6-8-15(16)18-17(22)10-11-20(14(2)21)13-12-19(3)4/h6-9H,5,10-13H2,1-4H3,(H,18,22). The minimum atomic E-state index is -0.131. The third-order valence-electron chi connectivity index (χ3n) is 3.33. The molecule has 0 bridgehead atoms. The zero-order chi connectivity index (χ0) is 17.2. The van der Waals surface area contributed by atoms with Gasteiger partial charge in [0.15, 0.2) is 0 Å². The van der Waals surface area contributed by atoms with Crippen molar-refractivity contribution in [2.75, 3.05) is 45.7 Å². The Morgan fingerprint density at radius 3 is 2.43 bits per heavy atom. The maximum absolute atomic E-state index is 12.1. The number of benzene rings is 1. The number of carbonyl (C=O) groups is 2. The number of nitrogens with zero attached hydrogens (tertiary/aromatic N) is 2. The van der Waals surface area contributed by atoms with E-state index >= 15 is 0 Å². The zero-order valence-corrected chi connectivity index (χ0v) is 14.5. The maximum atomic E-state index is 12.1. The smallest absolute Gasteiger partial charge is 0.226 e. The van der Waals surface area contributed by atoms with E-state index in [4.69, 9.17) is 4.74 Å². The van der Waals surface area contributed by atoms with Gasteiger partial charge in [-0.15, -0.1) is 0 Å². The van der Waals surface area contributed by atoms with Gasteiger partial charge in [0, 0.05) is 33.0 Å². The summed E-state index contributed by atoms with van der Waals surface area (Å²) in [6, 6.07) is 7.33. The molecule has 0 saturated heterocycles. The van der Waals surface area contributed by atoms with Crippen molar-refractivity contribution in [3.05, 3.63) is 24.3 Å². The Labute approximate surface area is 138 Å². The van der Waals surface area contributed by atoms with E-state index in [1.165, 1.54) is 6.92 Å². The Morgan fingerprint density at radius 2 is 1.83 bits per heavy atom. The van der Waals surface area contributed by atoms with E-state index in [0.29, 0.717) is 31.1 Å². The highest BCUT2D eigenvalue weighted by Crippen LogP contribution is 2.23. The van der Waals surface area contributed by atoms with Crippen molar-refractivity contribution in [3.63, 3.8) is 0 Å². The molecule has 0 saturated carbocycles. The first-order valence-electron chi connectivity index (χ1n) is 7.86. The molecule has 0 fully saturated rings. The number of nitrogens with one attached hydrogen (secondary N) is 1. The molecule has 0 aliphatic heterocycles. The van der Waals surface area contributed by atoms with Crippen LogP contribution in [0.15, 0.2) is 24.3 Å². The van der Waals surface area contributed by atoms with Gasteiger partial charge in [-0.05, 0) is 33.2 Å². The topological polar surface area (TPSA) is 61.9 Å². The van der Waals surface area contributed by atoms with Crippen molar-refractivity contribution in [2.45, 2.75) is 20.3 Å². The Morgan fingerprint density at radius 1 is 1.13 bits per heavy atom. The van der Waals surface area contributed by atoms with E-state index in [1.807, 2.05) is 44.1 Å². The van der Waals surface area contributed by atoms with Crippen molar-refractivity contribution in [2.24, 2.45) is 0 Å². The van der Waals surface area contributed by atoms with E-state index in [-0.39, 0.29) is 18.2 Å². The summed E-state index contributed by atoms with van der Waals surface area (Å²) in [5.74, 6) is 0.502. The molecule has 2 amide bonds. The Bertz CT molecular complexity index is 518. The summed E-state index contributed by atoms with van der Waals surface area (Å²) in [4.78, 5) is 27.4. The quantitative estimate of drug-likeness (QED) is 0.754. The molecule has 6 heteroatoms. The predicted molar refractivity (Wildman–Crippen MR) is 91.7 cm³/mol. The third-order valence-corrected chi connectivity index (χ3v) is 3.33. The van der Waals surface area contributed by atoms with Gasteiger partial charge in [-0.1, -0.05) is 12.1 Å². The lowest BCUT2D eigenvalue weighted by Crippen LogP contribution is -2.37. The van der Waals surface area contributed by atoms with Gasteiger partial charge in [0.25, 0.3) is 0 Å². The summed E-state index contributed by atoms with van der Waals surface area (Å²) < 4.78 is 5.48. The van der Waals surface area contributed by atoms with Gasteiger partial charge in [-0.25, -0.2) is 0 Å². The minimum Gasteiger partial charge on any atom is -0.492 e. The molecule has 0 aliphatic carbocycles. The monoisotopic (exact) mass is 321 g/mol. The first-order chi connectivity index (χ1) is 10.9. The van der Waals surface area contributed by atoms with Gasteiger partial charge in [-0.3, -0.25) is 9.59 Å². The number of likely N-dealkylation sites (N-methyl/N-ethyl adjacent to an activating group) is 1. The molecule has 23 heavy (non-hydrogen) atoms. The summed E-state index contributed by atoms with van der Waals surface area (Å²) >= 11 is 0. The van der Waals surface area contributed by atoms with Gasteiger partial charge in [-0.2, -0.15) is 0 Å². The molecule has 0 heterocycles. The van der Waals surface area contributed by atoms with Gasteiger partial charge in [0.05, 0.1) is 12.3 Å². The molecule has 6 nitrogen and oxygen atoms in total. The van der Waals surface area contributed by atoms with Crippen molar-refractivity contribution in [3.8, 4) is 5.75 Å². The van der Waals surface area contributed by atoms with Crippen LogP contribution in [0, 0.1) is 0 Å². The molecular formula is C17H27N3O3. The number of hydrogen-bond donors (Lipinski definition) is 1. The van der Waals surface area contributed by atoms with Crippen LogP contribution in [-0.4, -0.2) is 62.0 Å². The number of para-hydroxylation sites is 2. The summed E-state index contributed by atoms with van der Waals surface area (Å²) in [5.41, 5.74) is 0.655. The molecular weight excluding hydrogens is 294 g/mol. The highest BCUT2D eigenvalue weighted by molar-refractivity contribution is 5.92. The molecule has 1 N–H and O–H groups in total. The molecule has 0 aliphatic rings. The van der Waals surface area contributed by atoms with Crippen LogP contribution in [0.4, 0.5) is 5.69 Å². The summed E-state index contributed by atoms with van der Waals surface area (Å²) in [5, 5.41) is 2.84. The van der Waals surface area contributed by atoms with E-state index in [2.05, 4.69) is 5.32 Å². The summed E-state index contributed by atoms with van der Waals surface area (Å²) in [7, 11) is 3.91. The third kappa shape index (κ3) is 7.15. The molecule has 0 spiro atoms. The second-order valence-electron chi connectivity index (χ2n) is 5.54. The minimum absolute atomic E-state index is 0.0191. The normalized spacial score (nSPS) is 10.5. The van der Waals surface area contributed by atoms with Crippen LogP contribution in [-0.2, 0) is 9.59 Å². The van der Waals surface area contributed by atoms with Crippen molar-refractivity contribution >= 4 is 17.5 Å². The van der Waals surface area contributed by atoms with Gasteiger partial charge < -0.3 is 19.9 Å². The van der Waals surface area contributed by atoms with Crippen molar-refractivity contribution in [1.82, 2.24) is 9.80 Å². The predicted octanol–water partition coefficient (Wildman–Crippen LogP) is 1.82. The SMILES string of the molecule is CCOc1ccccc1NC(=O)CCN(CCN(C)C)C(C)=O. The summed E-state index contributed by atoms with van der Waals surface area (Å²) in [6.07, 6.45) is 0.257. The number of carbonyl (C=O) groups excluding carboxylic acids is 2. The molecule has 0 aromatic heterocycles. The molecule has 1 aromatic carbocycles. The average molecular weight is 321 g/mol. The molecule has 0 radical (unpaired) electrons. The second kappa shape index (κ2) is 9.84. The Kier molecular flexibility index (Phi) is 8.11. The van der Waals surface area contributed by atoms with E-state index in [0.717, 1.165) is 6.54 Å². The maximum Gasteiger partial charge on any atom is 0.226 e. The van der Waals surface area contributed by atoms with E-state index < -0.39 is 0 Å². The van der Waals surface area contributed by atoms with Crippen molar-refractivity contribution < 1.29 is 14.3 Å². The number of ether oxygens (including phenoxy) is 1. The Balaban J connectivity index is 2.54. The molecule has 128 valence electrons. The lowest BCUT2D eigenvalue weighted by Gasteiger charge is -2.22. The molecule has 0 atom stereocenters. The van der Waals surface area contributed by atoms with Crippen LogP contribution in [0.3, 0.4) is 0 Å². The van der Waals surface area contributed by atoms with Crippen LogP contribution in [0.1, 0.15) is 20.3 Å². The lowest BCUT2D eigenvalue weighted by atomic mass is 10.2. The van der Waals surface area contributed by atoms with Crippen LogP contribution in [0.2, 0.25) is 0 Å². The van der Waals surface area contributed by atoms with Gasteiger partial charge in [0.1, 0.15) is 5.75 Å². The van der Waals surface area contributed by atoms with Crippen molar-refractivity contribution in [1.29, 1.82) is 0 Å². The number of anilines is 1. The summed E-state index contributed by atoms with van der Waals surface area (Å²) in [6.45, 7) is 5.76. The van der Waals surface area contributed by atoms with Crippen LogP contribution in [0.5, 0.6) is 5.75 Å². The van der Waals surface area contributed by atoms with Crippen LogP contribution >= 0.6 is 0 Å². The van der Waals surface area contributed by atoms with Gasteiger partial charge in [0.2, 0.25) is 11.8 Å². The van der Waals surface area contributed by atoms with E-state index in [1.54, 1.807) is 11.0 Å². The van der Waals surface area contributed by atoms with Crippen LogP contribution < -0.4 is 10.1 Å². The fourth-order valence-electron chi connectivity index (χ4n) is 2.05. The fraction of sp³-hybridized carbons (Fsp3) is 0.529. The number of rotatable bonds is 9. The molecule has 1 aromatic rings. The second-order valence-corrected chi connectivity index (χ2v) is 5.54. The van der Waals surface area contributed by atoms with Crippen LogP contribution in [0.25, 0.3) is 0 Å². The van der Waals surface area contributed by atoms with Gasteiger partial charge >= 0.3 is 0 Å². The Hall–Kier alpha value is -2.08. The zero-order valence-electron chi connectivity index (χ0n) is 14.5. The average Bonchev–Trinajstić information content (AvgIpc) is 2.48. The number of hydrogen-bond acceptors (Lipinski definition) is 4. The first kappa shape index (κ1) is 19.0. The largest absolute Gasteiger partial charge is 0.492 e. The lowest BCUT2D eigenvalue weighted by molar-refractivity contribution is -0.129. The number of amides is 2. The molecule has 0 unspecified atom stereocenters. The highest BCUT2D eigenvalue weighted by atomic mass is 16.5. The first-order valence-corrected chi connectivity index (χ1v) is 7.86.